The molecule has 2 atom stereocenters. The van der Waals surface area contributed by atoms with Crippen LogP contribution in [0.4, 0.5) is 0 Å². The molecule has 0 saturated carbocycles. The summed E-state index contributed by atoms with van der Waals surface area (Å²) in [6.07, 6.45) is 14.0. The molecule has 0 saturated heterocycles. The third kappa shape index (κ3) is 5.63. The van der Waals surface area contributed by atoms with E-state index in [4.69, 9.17) is 9.97 Å². The zero-order valence-corrected chi connectivity index (χ0v) is 34.2. The molecular weight excluding hydrogens is 737 g/mol. The van der Waals surface area contributed by atoms with Crippen LogP contribution in [-0.4, -0.2) is 9.97 Å². The lowest BCUT2D eigenvalue weighted by Gasteiger charge is -2.33. The van der Waals surface area contributed by atoms with Gasteiger partial charge in [-0.15, -0.1) is 0 Å². The maximum absolute atomic E-state index is 5.29. The van der Waals surface area contributed by atoms with E-state index in [2.05, 4.69) is 214 Å². The predicted molar refractivity (Wildman–Crippen MR) is 256 cm³/mol. The molecule has 2 heteroatoms. The Kier molecular flexibility index (Phi) is 8.05. The molecule has 2 nitrogen and oxygen atoms in total. The molecule has 9 aromatic rings. The number of fused-ring (bicyclic) bond motifs is 8. The first-order valence-electron chi connectivity index (χ1n) is 21.4. The number of benzene rings is 8. The van der Waals surface area contributed by atoms with Crippen molar-refractivity contribution in [1.82, 2.24) is 9.97 Å². The molecule has 8 aromatic carbocycles. The smallest absolute Gasteiger partial charge is 0.160 e. The number of aromatic nitrogens is 2. The SMILES string of the molecule is CC1(C)c2cc(C3=CC=C(c4ccc(-c5cc(-c6cccc7ccccc67)nc(-c6ccccc6)n5)c5ccccc45)C4C=CC=CC34)ccc2-c2ccc3ccccc3c21. The fraction of sp³-hybridized carbons (Fsp3) is 0.0847. The summed E-state index contributed by atoms with van der Waals surface area (Å²) in [4.78, 5) is 10.5. The third-order valence-electron chi connectivity index (χ3n) is 13.5. The van der Waals surface area contributed by atoms with Crippen LogP contribution in [0.25, 0.3) is 88.5 Å². The van der Waals surface area contributed by atoms with Gasteiger partial charge in [0.05, 0.1) is 11.4 Å². The van der Waals surface area contributed by atoms with Gasteiger partial charge in [-0.25, -0.2) is 9.97 Å². The second kappa shape index (κ2) is 13.8. The van der Waals surface area contributed by atoms with E-state index < -0.39 is 0 Å². The van der Waals surface area contributed by atoms with Crippen LogP contribution in [0.15, 0.2) is 206 Å². The van der Waals surface area contributed by atoms with Crippen molar-refractivity contribution in [3.63, 3.8) is 0 Å². The van der Waals surface area contributed by atoms with Gasteiger partial charge in [-0.3, -0.25) is 0 Å². The van der Waals surface area contributed by atoms with E-state index in [0.29, 0.717) is 0 Å². The minimum Gasteiger partial charge on any atom is -0.228 e. The lowest BCUT2D eigenvalue weighted by atomic mass is 9.70. The highest BCUT2D eigenvalue weighted by molar-refractivity contribution is 6.05. The molecule has 0 N–H and O–H groups in total. The lowest BCUT2D eigenvalue weighted by molar-refractivity contribution is 0.664. The summed E-state index contributed by atoms with van der Waals surface area (Å²) >= 11 is 0. The van der Waals surface area contributed by atoms with Crippen molar-refractivity contribution in [2.75, 3.05) is 0 Å². The standard InChI is InChI=1S/C59H42N2/c1-59(2)54-35-40(28-29-50(54)53-30-27-38-16-7-9-21-43(38)57(53)59)42-31-32-48(45-23-11-10-22-44(42)45)49-33-34-52(47-25-13-12-24-46(47)49)56-36-55(60-58(61-56)39-17-4-3-5-18-39)51-26-14-19-37-15-6-8-20-41(37)51/h3-36,44-45H,1-2H3. The van der Waals surface area contributed by atoms with Gasteiger partial charge in [0, 0.05) is 33.9 Å². The van der Waals surface area contributed by atoms with E-state index in [1.807, 2.05) is 6.07 Å². The van der Waals surface area contributed by atoms with Crippen molar-refractivity contribution >= 4 is 43.5 Å². The molecule has 288 valence electrons. The second-order valence-electron chi connectivity index (χ2n) is 17.2. The van der Waals surface area contributed by atoms with Crippen molar-refractivity contribution in [3.8, 4) is 45.0 Å². The normalized spacial score (nSPS) is 17.2. The Morgan fingerprint density at radius 2 is 0.967 bits per heavy atom. The lowest BCUT2D eigenvalue weighted by Crippen LogP contribution is -2.20. The van der Waals surface area contributed by atoms with Gasteiger partial charge in [0.1, 0.15) is 0 Å². The molecule has 3 aliphatic rings. The van der Waals surface area contributed by atoms with Gasteiger partial charge >= 0.3 is 0 Å². The molecule has 2 unspecified atom stereocenters. The number of nitrogens with zero attached hydrogens (tertiary/aromatic N) is 2. The van der Waals surface area contributed by atoms with Crippen molar-refractivity contribution in [2.45, 2.75) is 19.3 Å². The Morgan fingerprint density at radius 3 is 1.74 bits per heavy atom. The summed E-state index contributed by atoms with van der Waals surface area (Å²) < 4.78 is 0. The molecule has 0 radical (unpaired) electrons. The van der Waals surface area contributed by atoms with Crippen molar-refractivity contribution < 1.29 is 0 Å². The Morgan fingerprint density at radius 1 is 0.410 bits per heavy atom. The van der Waals surface area contributed by atoms with Crippen molar-refractivity contribution in [1.29, 1.82) is 0 Å². The van der Waals surface area contributed by atoms with E-state index in [0.717, 1.165) is 33.9 Å². The van der Waals surface area contributed by atoms with Crippen LogP contribution in [-0.2, 0) is 5.41 Å². The first kappa shape index (κ1) is 35.5. The topological polar surface area (TPSA) is 25.8 Å². The maximum Gasteiger partial charge on any atom is 0.160 e. The first-order chi connectivity index (χ1) is 30.0. The van der Waals surface area contributed by atoms with Gasteiger partial charge in [-0.1, -0.05) is 208 Å². The highest BCUT2D eigenvalue weighted by atomic mass is 14.9. The number of hydrogen-bond donors (Lipinski definition) is 0. The largest absolute Gasteiger partial charge is 0.228 e. The van der Waals surface area contributed by atoms with E-state index in [-0.39, 0.29) is 17.3 Å². The summed E-state index contributed by atoms with van der Waals surface area (Å²) in [5, 5.41) is 7.43. The van der Waals surface area contributed by atoms with Crippen LogP contribution in [0.5, 0.6) is 0 Å². The average molecular weight is 779 g/mol. The fourth-order valence-electron chi connectivity index (χ4n) is 10.6. The van der Waals surface area contributed by atoms with E-state index in [9.17, 15) is 0 Å². The van der Waals surface area contributed by atoms with E-state index in [1.54, 1.807) is 0 Å². The average Bonchev–Trinajstić information content (AvgIpc) is 3.56. The van der Waals surface area contributed by atoms with Gasteiger partial charge in [0.15, 0.2) is 5.82 Å². The minimum absolute atomic E-state index is 0.110. The molecule has 1 aromatic heterocycles. The molecule has 0 bridgehead atoms. The molecule has 3 aliphatic carbocycles. The summed E-state index contributed by atoms with van der Waals surface area (Å²) in [5.41, 5.74) is 15.7. The van der Waals surface area contributed by atoms with Crippen molar-refractivity contribution in [2.24, 2.45) is 11.8 Å². The second-order valence-corrected chi connectivity index (χ2v) is 17.2. The summed E-state index contributed by atoms with van der Waals surface area (Å²) in [6.45, 7) is 4.80. The molecule has 1 heterocycles. The monoisotopic (exact) mass is 778 g/mol. The summed E-state index contributed by atoms with van der Waals surface area (Å²) in [5.74, 6) is 1.13. The van der Waals surface area contributed by atoms with Crippen LogP contribution in [0.3, 0.4) is 0 Å². The summed E-state index contributed by atoms with van der Waals surface area (Å²) in [7, 11) is 0. The minimum atomic E-state index is -0.110. The molecule has 0 spiro atoms. The van der Waals surface area contributed by atoms with E-state index >= 15 is 0 Å². The van der Waals surface area contributed by atoms with Gasteiger partial charge < -0.3 is 0 Å². The van der Waals surface area contributed by atoms with Crippen LogP contribution < -0.4 is 0 Å². The third-order valence-corrected chi connectivity index (χ3v) is 13.5. The molecule has 0 fully saturated rings. The molecular formula is C59H42N2. The Hall–Kier alpha value is -7.42. The molecule has 61 heavy (non-hydrogen) atoms. The van der Waals surface area contributed by atoms with Crippen molar-refractivity contribution in [3.05, 3.63) is 229 Å². The number of rotatable bonds is 5. The van der Waals surface area contributed by atoms with Gasteiger partial charge in [-0.2, -0.15) is 0 Å². The van der Waals surface area contributed by atoms with Crippen LogP contribution in [0.1, 0.15) is 36.1 Å². The van der Waals surface area contributed by atoms with Gasteiger partial charge in [0.25, 0.3) is 0 Å². The van der Waals surface area contributed by atoms with E-state index in [1.165, 1.54) is 76.8 Å². The zero-order valence-electron chi connectivity index (χ0n) is 34.2. The van der Waals surface area contributed by atoms with Crippen LogP contribution in [0, 0.1) is 11.8 Å². The highest BCUT2D eigenvalue weighted by Gasteiger charge is 2.38. The Bertz CT molecular complexity index is 3390. The van der Waals surface area contributed by atoms with Gasteiger partial charge in [0.2, 0.25) is 0 Å². The molecule has 12 rings (SSSR count). The zero-order chi connectivity index (χ0) is 40.7. The maximum atomic E-state index is 5.29. The molecule has 0 amide bonds. The fourth-order valence-corrected chi connectivity index (χ4v) is 10.6. The highest BCUT2D eigenvalue weighted by Crippen LogP contribution is 2.53. The van der Waals surface area contributed by atoms with Gasteiger partial charge in [-0.05, 0) is 89.0 Å². The quantitative estimate of drug-likeness (QED) is 0.174. The van der Waals surface area contributed by atoms with Crippen LogP contribution in [0.2, 0.25) is 0 Å². The number of hydrogen-bond acceptors (Lipinski definition) is 2. The Balaban J connectivity index is 0.980. The number of allylic oxidation sites excluding steroid dienone is 8. The first-order valence-corrected chi connectivity index (χ1v) is 21.4. The summed E-state index contributed by atoms with van der Waals surface area (Å²) in [6, 6.07) is 61.6. The predicted octanol–water partition coefficient (Wildman–Crippen LogP) is 15.1. The molecule has 0 aliphatic heterocycles. The Labute approximate surface area is 356 Å². The van der Waals surface area contributed by atoms with Crippen LogP contribution >= 0.6 is 0 Å².